The van der Waals surface area contributed by atoms with Gasteiger partial charge in [-0.05, 0) is 32.7 Å². The van der Waals surface area contributed by atoms with Gasteiger partial charge in [-0.1, -0.05) is 6.55 Å². The second kappa shape index (κ2) is 7.06. The predicted molar refractivity (Wildman–Crippen MR) is 68.1 cm³/mol. The summed E-state index contributed by atoms with van der Waals surface area (Å²) in [5, 5.41) is 0. The summed E-state index contributed by atoms with van der Waals surface area (Å²) in [7, 11) is -4.95. The van der Waals surface area contributed by atoms with Crippen LogP contribution in [0.5, 0.6) is 0 Å². The van der Waals surface area contributed by atoms with Crippen molar-refractivity contribution >= 4 is 36.6 Å². The van der Waals surface area contributed by atoms with Crippen LogP contribution in [-0.2, 0) is 17.4 Å². The summed E-state index contributed by atoms with van der Waals surface area (Å²) in [4.78, 5) is 0. The van der Waals surface area contributed by atoms with Crippen molar-refractivity contribution in [3.05, 3.63) is 0 Å². The van der Waals surface area contributed by atoms with Gasteiger partial charge < -0.3 is 8.23 Å². The Morgan fingerprint density at radius 1 is 1.07 bits per heavy atom. The smallest absolute Gasteiger partial charge is 0.346 e. The van der Waals surface area contributed by atoms with Crippen molar-refractivity contribution in [2.75, 3.05) is 0 Å². The third kappa shape index (κ3) is 9.27. The molecule has 0 aromatic carbocycles. The van der Waals surface area contributed by atoms with E-state index in [4.69, 9.17) is 17.4 Å². The Bertz CT molecular complexity index is 151. The maximum Gasteiger partial charge on any atom is 0.346 e. The molecule has 8 heteroatoms. The van der Waals surface area contributed by atoms with Gasteiger partial charge in [-0.15, -0.1) is 0 Å². The molecule has 0 saturated heterocycles. The van der Waals surface area contributed by atoms with Gasteiger partial charge in [0.15, 0.2) is 0 Å². The maximum absolute atomic E-state index is 5.65. The van der Waals surface area contributed by atoms with E-state index in [2.05, 4.69) is 26.2 Å². The van der Waals surface area contributed by atoms with Crippen LogP contribution in [0.4, 0.5) is 0 Å². The van der Waals surface area contributed by atoms with Gasteiger partial charge in [0.1, 0.15) is 9.76 Å². The topological polar surface area (TPSA) is 36.9 Å². The summed E-state index contributed by atoms with van der Waals surface area (Å²) in [5.41, 5.74) is 0. The fourth-order valence-electron chi connectivity index (χ4n) is 0.779. The van der Waals surface area contributed by atoms with E-state index in [-0.39, 0.29) is 9.76 Å². The molecule has 2 atom stereocenters. The molecule has 0 aromatic rings. The Balaban J connectivity index is 3.59. The van der Waals surface area contributed by atoms with Gasteiger partial charge in [0, 0.05) is 0 Å². The average molecular weight is 271 g/mol. The number of hydrogen-bond donors (Lipinski definition) is 0. The fourth-order valence-corrected chi connectivity index (χ4v) is 7.71. The van der Waals surface area contributed by atoms with Crippen LogP contribution < -0.4 is 0 Å². The maximum atomic E-state index is 5.65. The fraction of sp³-hybridized carbons (Fsp3) is 1.00. The summed E-state index contributed by atoms with van der Waals surface area (Å²) < 4.78 is 21.8. The van der Waals surface area contributed by atoms with E-state index in [1.165, 1.54) is 0 Å². The lowest BCUT2D eigenvalue weighted by molar-refractivity contribution is -0.129. The first-order valence-corrected chi connectivity index (χ1v) is 14.6. The first kappa shape index (κ1) is 14.7. The lowest BCUT2D eigenvalue weighted by Gasteiger charge is -2.21. The summed E-state index contributed by atoms with van der Waals surface area (Å²) >= 11 is 0. The predicted octanol–water partition coefficient (Wildman–Crippen LogP) is 0.635. The number of hydrogen-bond acceptors (Lipinski definition) is 4. The van der Waals surface area contributed by atoms with E-state index >= 15 is 0 Å². The second-order valence-corrected chi connectivity index (χ2v) is 13.9. The minimum absolute atomic E-state index is 0.346. The van der Waals surface area contributed by atoms with Crippen molar-refractivity contribution < 1.29 is 17.4 Å². The summed E-state index contributed by atoms with van der Waals surface area (Å²) in [6.45, 7) is 12.4. The van der Waals surface area contributed by atoms with Crippen LogP contribution in [-0.4, -0.2) is 36.6 Å². The van der Waals surface area contributed by atoms with Gasteiger partial charge >= 0.3 is 9.28 Å². The van der Waals surface area contributed by atoms with Crippen LogP contribution in [0.1, 0.15) is 0 Å². The summed E-state index contributed by atoms with van der Waals surface area (Å²) in [6, 6.07) is 0. The molecule has 0 aliphatic rings. The minimum Gasteiger partial charge on any atom is -0.444 e. The van der Waals surface area contributed by atoms with E-state index in [1.807, 2.05) is 13.1 Å². The van der Waals surface area contributed by atoms with Gasteiger partial charge in [0.2, 0.25) is 8.32 Å². The Kier molecular flexibility index (Phi) is 7.42. The third-order valence-corrected chi connectivity index (χ3v) is 8.65. The van der Waals surface area contributed by atoms with Crippen molar-refractivity contribution in [1.82, 2.24) is 0 Å². The zero-order valence-corrected chi connectivity index (χ0v) is 14.7. The second-order valence-electron chi connectivity index (χ2n) is 4.02. The third-order valence-electron chi connectivity index (χ3n) is 1.22. The molecule has 0 aliphatic heterocycles. The first-order chi connectivity index (χ1) is 6.35. The normalized spacial score (nSPS) is 17.6. The quantitative estimate of drug-likeness (QED) is 0.386. The summed E-state index contributed by atoms with van der Waals surface area (Å²) in [5.74, 6) is 0. The van der Waals surface area contributed by atoms with E-state index in [0.717, 1.165) is 0 Å². The molecule has 2 unspecified atom stereocenters. The lowest BCUT2D eigenvalue weighted by atomic mass is 11.8. The van der Waals surface area contributed by atoms with Crippen molar-refractivity contribution in [1.29, 1.82) is 0 Å². The average Bonchev–Trinajstić information content (AvgIpc) is 2.00. The lowest BCUT2D eigenvalue weighted by Crippen LogP contribution is -2.35. The van der Waals surface area contributed by atoms with Crippen LogP contribution in [0.3, 0.4) is 0 Å². The Hall–Kier alpha value is 0.708. The van der Waals surface area contributed by atoms with Crippen molar-refractivity contribution in [3.63, 3.8) is 0 Å². The molecular weight excluding hydrogens is 248 g/mol. The van der Waals surface area contributed by atoms with E-state index in [1.54, 1.807) is 0 Å². The molecule has 0 aliphatic carbocycles. The van der Waals surface area contributed by atoms with Gasteiger partial charge in [0.25, 0.3) is 9.28 Å². The van der Waals surface area contributed by atoms with Crippen molar-refractivity contribution in [2.24, 2.45) is 0 Å². The van der Waals surface area contributed by atoms with Gasteiger partial charge in [0.05, 0.1) is 0 Å². The molecule has 0 spiro atoms. The molecule has 0 amide bonds. The first-order valence-electron chi connectivity index (χ1n) is 4.96. The van der Waals surface area contributed by atoms with Crippen LogP contribution in [0, 0.1) is 0 Å². The van der Waals surface area contributed by atoms with Crippen LogP contribution in [0.25, 0.3) is 0 Å². The molecule has 0 aromatic heterocycles. The summed E-state index contributed by atoms with van der Waals surface area (Å²) in [6.07, 6.45) is 0. The van der Waals surface area contributed by atoms with E-state index in [9.17, 15) is 0 Å². The van der Waals surface area contributed by atoms with E-state index in [0.29, 0.717) is 0 Å². The monoisotopic (exact) mass is 270 g/mol. The molecular formula is C6H22O4Si4. The van der Waals surface area contributed by atoms with E-state index < -0.39 is 26.9 Å². The molecule has 86 valence electrons. The highest BCUT2D eigenvalue weighted by atomic mass is 28.4. The molecule has 0 bridgehead atoms. The number of rotatable bonds is 7. The highest BCUT2D eigenvalue weighted by molar-refractivity contribution is 6.70. The largest absolute Gasteiger partial charge is 0.444 e. The van der Waals surface area contributed by atoms with Gasteiger partial charge in [-0.25, -0.2) is 0 Å². The molecule has 0 fully saturated rings. The van der Waals surface area contributed by atoms with Gasteiger partial charge in [-0.3, -0.25) is 9.15 Å². The van der Waals surface area contributed by atoms with Crippen LogP contribution in [0.2, 0.25) is 39.3 Å². The Morgan fingerprint density at radius 3 is 2.07 bits per heavy atom. The highest BCUT2D eigenvalue weighted by Gasteiger charge is 2.20. The SMILES string of the molecule is C[SiH2]O[SiH](C)O[SiH](C)OO[Si](C)(C)C. The molecule has 4 nitrogen and oxygen atoms in total. The van der Waals surface area contributed by atoms with Crippen LogP contribution in [0.15, 0.2) is 0 Å². The minimum atomic E-state index is -1.62. The molecule has 0 N–H and O–H groups in total. The van der Waals surface area contributed by atoms with Crippen molar-refractivity contribution in [2.45, 2.75) is 39.3 Å². The molecule has 0 heterocycles. The molecule has 0 rings (SSSR count). The Labute approximate surface area is 93.6 Å². The van der Waals surface area contributed by atoms with Gasteiger partial charge in [-0.2, -0.15) is 0 Å². The standard InChI is InChI=1S/C6H22O4Si4/c1-11-9-13(3)10-12(2)7-8-14(4,5)6/h12-13H,11H2,1-6H3. The van der Waals surface area contributed by atoms with Crippen molar-refractivity contribution in [3.8, 4) is 0 Å². The molecule has 0 saturated carbocycles. The molecule has 14 heavy (non-hydrogen) atoms. The highest BCUT2D eigenvalue weighted by Crippen LogP contribution is 2.05. The zero-order chi connectivity index (χ0) is 11.2. The molecule has 0 radical (unpaired) electrons. The van der Waals surface area contributed by atoms with Crippen LogP contribution >= 0.6 is 0 Å². The Morgan fingerprint density at radius 2 is 1.64 bits per heavy atom. The zero-order valence-electron chi connectivity index (χ0n) is 9.99.